The summed E-state index contributed by atoms with van der Waals surface area (Å²) in [6.07, 6.45) is 6.36. The van der Waals surface area contributed by atoms with Crippen LogP contribution in [0.15, 0.2) is 18.2 Å². The smallest absolute Gasteiger partial charge is 0.123 e. The van der Waals surface area contributed by atoms with Crippen LogP contribution in [0.1, 0.15) is 57.6 Å². The van der Waals surface area contributed by atoms with E-state index in [-0.39, 0.29) is 11.9 Å². The molecule has 2 rings (SSSR count). The molecule has 1 saturated carbocycles. The molecule has 0 aliphatic heterocycles. The molecule has 0 heterocycles. The number of hydrogen-bond acceptors (Lipinski definition) is 2. The molecule has 2 nitrogen and oxygen atoms in total. The Morgan fingerprint density at radius 3 is 2.90 bits per heavy atom. The van der Waals surface area contributed by atoms with Crippen LogP contribution in [0.3, 0.4) is 0 Å². The molecule has 1 aromatic rings. The molecule has 0 saturated heterocycles. The summed E-state index contributed by atoms with van der Waals surface area (Å²) >= 11 is 0. The van der Waals surface area contributed by atoms with Crippen molar-refractivity contribution in [3.05, 3.63) is 29.6 Å². The van der Waals surface area contributed by atoms with Gasteiger partial charge in [-0.15, -0.1) is 0 Å². The van der Waals surface area contributed by atoms with Crippen molar-refractivity contribution in [1.82, 2.24) is 5.32 Å². The lowest BCUT2D eigenvalue weighted by Gasteiger charge is -2.32. The molecular weight excluding hydrogens is 253 g/mol. The molecule has 1 fully saturated rings. The van der Waals surface area contributed by atoms with E-state index in [2.05, 4.69) is 19.2 Å². The van der Waals surface area contributed by atoms with Crippen molar-refractivity contribution in [2.45, 2.75) is 58.0 Å². The largest absolute Gasteiger partial charge is 0.496 e. The first-order valence-electron chi connectivity index (χ1n) is 7.73. The van der Waals surface area contributed by atoms with Gasteiger partial charge in [0.1, 0.15) is 11.6 Å². The fourth-order valence-corrected chi connectivity index (χ4v) is 3.30. The van der Waals surface area contributed by atoms with Crippen LogP contribution in [0.5, 0.6) is 5.75 Å². The summed E-state index contributed by atoms with van der Waals surface area (Å²) in [5.74, 6) is 1.39. The number of nitrogens with one attached hydrogen (secondary N) is 1. The maximum atomic E-state index is 13.5. The Bertz CT molecular complexity index is 435. The molecule has 0 amide bonds. The summed E-state index contributed by atoms with van der Waals surface area (Å²) in [4.78, 5) is 0. The van der Waals surface area contributed by atoms with Crippen molar-refractivity contribution in [2.24, 2.45) is 5.92 Å². The number of ether oxygens (including phenoxy) is 1. The summed E-state index contributed by atoms with van der Waals surface area (Å²) in [6, 6.07) is 5.38. The van der Waals surface area contributed by atoms with Gasteiger partial charge >= 0.3 is 0 Å². The Labute approximate surface area is 121 Å². The van der Waals surface area contributed by atoms with Gasteiger partial charge in [0.05, 0.1) is 7.11 Å². The van der Waals surface area contributed by atoms with Crippen molar-refractivity contribution in [3.8, 4) is 5.75 Å². The second-order valence-electron chi connectivity index (χ2n) is 5.91. The maximum absolute atomic E-state index is 13.5. The second-order valence-corrected chi connectivity index (χ2v) is 5.91. The second kappa shape index (κ2) is 7.07. The summed E-state index contributed by atoms with van der Waals surface area (Å²) in [5, 5.41) is 3.65. The van der Waals surface area contributed by atoms with E-state index in [9.17, 15) is 4.39 Å². The highest BCUT2D eigenvalue weighted by Crippen LogP contribution is 2.30. The van der Waals surface area contributed by atoms with E-state index >= 15 is 0 Å². The van der Waals surface area contributed by atoms with Gasteiger partial charge < -0.3 is 10.1 Å². The molecule has 1 aliphatic carbocycles. The highest BCUT2D eigenvalue weighted by atomic mass is 19.1. The van der Waals surface area contributed by atoms with E-state index in [1.165, 1.54) is 38.2 Å². The Balaban J connectivity index is 2.04. The minimum atomic E-state index is -0.204. The molecule has 112 valence electrons. The number of benzene rings is 1. The number of halogens is 1. The van der Waals surface area contributed by atoms with Crippen molar-refractivity contribution >= 4 is 0 Å². The quantitative estimate of drug-likeness (QED) is 0.859. The van der Waals surface area contributed by atoms with Crippen LogP contribution >= 0.6 is 0 Å². The average molecular weight is 279 g/mol. The predicted octanol–water partition coefficient (Wildman–Crippen LogP) is 4.45. The van der Waals surface area contributed by atoms with Gasteiger partial charge in [0.15, 0.2) is 0 Å². The summed E-state index contributed by atoms with van der Waals surface area (Å²) in [6.45, 7) is 4.36. The minimum Gasteiger partial charge on any atom is -0.496 e. The molecule has 1 N–H and O–H groups in total. The fourth-order valence-electron chi connectivity index (χ4n) is 3.30. The lowest BCUT2D eigenvalue weighted by atomic mass is 9.84. The zero-order valence-corrected chi connectivity index (χ0v) is 12.8. The molecule has 1 aliphatic rings. The third-order valence-corrected chi connectivity index (χ3v) is 4.50. The first kappa shape index (κ1) is 15.3. The highest BCUT2D eigenvalue weighted by molar-refractivity contribution is 5.36. The fraction of sp³-hybridized carbons (Fsp3) is 0.647. The van der Waals surface area contributed by atoms with Crippen LogP contribution in [0.2, 0.25) is 0 Å². The van der Waals surface area contributed by atoms with Crippen molar-refractivity contribution < 1.29 is 9.13 Å². The summed E-state index contributed by atoms with van der Waals surface area (Å²) < 4.78 is 18.8. The topological polar surface area (TPSA) is 21.3 Å². The molecule has 0 spiro atoms. The summed E-state index contributed by atoms with van der Waals surface area (Å²) in [5.41, 5.74) is 0.908. The first-order valence-corrected chi connectivity index (χ1v) is 7.73. The Morgan fingerprint density at radius 1 is 1.40 bits per heavy atom. The molecule has 3 heteroatoms. The number of rotatable bonds is 5. The maximum Gasteiger partial charge on any atom is 0.123 e. The monoisotopic (exact) mass is 279 g/mol. The van der Waals surface area contributed by atoms with Crippen molar-refractivity contribution in [2.75, 3.05) is 7.11 Å². The van der Waals surface area contributed by atoms with Gasteiger partial charge in [0.2, 0.25) is 0 Å². The van der Waals surface area contributed by atoms with E-state index in [1.807, 2.05) is 0 Å². The zero-order chi connectivity index (χ0) is 14.5. The standard InChI is InChI=1S/C17H26FNO/c1-4-13-6-5-7-15(10-13)19-12(2)16-11-14(18)8-9-17(16)20-3/h8-9,11-13,15,19H,4-7,10H2,1-3H3. The van der Waals surface area contributed by atoms with Crippen molar-refractivity contribution in [1.29, 1.82) is 0 Å². The normalized spacial score (nSPS) is 24.4. The molecule has 3 unspecified atom stereocenters. The SMILES string of the molecule is CCC1CCCC(NC(C)c2cc(F)ccc2OC)C1. The van der Waals surface area contributed by atoms with Gasteiger partial charge in [0, 0.05) is 17.6 Å². The van der Waals surface area contributed by atoms with Gasteiger partial charge in [-0.2, -0.15) is 0 Å². The Hall–Kier alpha value is -1.09. The van der Waals surface area contributed by atoms with Gasteiger partial charge in [0.25, 0.3) is 0 Å². The lowest BCUT2D eigenvalue weighted by molar-refractivity contribution is 0.264. The van der Waals surface area contributed by atoms with Crippen LogP contribution in [-0.4, -0.2) is 13.2 Å². The molecule has 0 radical (unpaired) electrons. The van der Waals surface area contributed by atoms with E-state index in [4.69, 9.17) is 4.74 Å². The van der Waals surface area contributed by atoms with Crippen LogP contribution in [0.4, 0.5) is 4.39 Å². The van der Waals surface area contributed by atoms with Crippen LogP contribution in [0, 0.1) is 11.7 Å². The molecule has 20 heavy (non-hydrogen) atoms. The van der Waals surface area contributed by atoms with E-state index in [0.717, 1.165) is 17.2 Å². The van der Waals surface area contributed by atoms with E-state index < -0.39 is 0 Å². The Morgan fingerprint density at radius 2 is 2.20 bits per heavy atom. The average Bonchev–Trinajstić information content (AvgIpc) is 2.47. The van der Waals surface area contributed by atoms with E-state index in [1.54, 1.807) is 19.2 Å². The first-order chi connectivity index (χ1) is 9.63. The molecule has 3 atom stereocenters. The Kier molecular flexibility index (Phi) is 5.41. The van der Waals surface area contributed by atoms with Crippen LogP contribution < -0.4 is 10.1 Å². The van der Waals surface area contributed by atoms with Crippen LogP contribution in [0.25, 0.3) is 0 Å². The van der Waals surface area contributed by atoms with Crippen molar-refractivity contribution in [3.63, 3.8) is 0 Å². The predicted molar refractivity (Wildman–Crippen MR) is 80.5 cm³/mol. The summed E-state index contributed by atoms with van der Waals surface area (Å²) in [7, 11) is 1.64. The third kappa shape index (κ3) is 3.72. The van der Waals surface area contributed by atoms with Gasteiger partial charge in [-0.1, -0.05) is 26.2 Å². The molecule has 0 aromatic heterocycles. The van der Waals surface area contributed by atoms with Gasteiger partial charge in [-0.3, -0.25) is 0 Å². The molecule has 0 bridgehead atoms. The molecule has 1 aromatic carbocycles. The number of methoxy groups -OCH3 is 1. The minimum absolute atomic E-state index is 0.112. The zero-order valence-electron chi connectivity index (χ0n) is 12.8. The van der Waals surface area contributed by atoms with Gasteiger partial charge in [-0.25, -0.2) is 4.39 Å². The third-order valence-electron chi connectivity index (χ3n) is 4.50. The highest BCUT2D eigenvalue weighted by Gasteiger charge is 2.23. The molecular formula is C17H26FNO. The van der Waals surface area contributed by atoms with Gasteiger partial charge in [-0.05, 0) is 43.9 Å². The van der Waals surface area contributed by atoms with Crippen LogP contribution in [-0.2, 0) is 0 Å². The van der Waals surface area contributed by atoms with E-state index in [0.29, 0.717) is 6.04 Å². The lowest BCUT2D eigenvalue weighted by Crippen LogP contribution is -2.35. The number of hydrogen-bond donors (Lipinski definition) is 1.